The Labute approximate surface area is 124 Å². The maximum atomic E-state index is 12.7. The number of benzene rings is 1. The molecule has 6 heteroatoms. The fourth-order valence-electron chi connectivity index (χ4n) is 3.11. The molecule has 1 aromatic rings. The smallest absolute Gasteiger partial charge is 0.274 e. The highest BCUT2D eigenvalue weighted by molar-refractivity contribution is 5.83. The maximum absolute atomic E-state index is 12.7. The van der Waals surface area contributed by atoms with Crippen LogP contribution in [0.15, 0.2) is 24.3 Å². The van der Waals surface area contributed by atoms with Crippen molar-refractivity contribution in [3.63, 3.8) is 0 Å². The van der Waals surface area contributed by atoms with Gasteiger partial charge in [-0.3, -0.25) is 14.9 Å². The Kier molecular flexibility index (Phi) is 4.57. The first kappa shape index (κ1) is 15.4. The highest BCUT2D eigenvalue weighted by Gasteiger charge is 2.41. The second-order valence-electron chi connectivity index (χ2n) is 5.74. The molecule has 1 aromatic carbocycles. The molecule has 0 aromatic heterocycles. The van der Waals surface area contributed by atoms with Gasteiger partial charge in [0.15, 0.2) is 0 Å². The number of hydrogen-bond donors (Lipinski definition) is 1. The Morgan fingerprint density at radius 2 is 2.00 bits per heavy atom. The van der Waals surface area contributed by atoms with Gasteiger partial charge in [0.2, 0.25) is 5.91 Å². The monoisotopic (exact) mass is 291 g/mol. The van der Waals surface area contributed by atoms with Crippen LogP contribution in [0.25, 0.3) is 0 Å². The van der Waals surface area contributed by atoms with E-state index in [2.05, 4.69) is 0 Å². The number of rotatable bonds is 5. The van der Waals surface area contributed by atoms with Crippen molar-refractivity contribution in [2.45, 2.75) is 32.2 Å². The van der Waals surface area contributed by atoms with E-state index in [1.165, 1.54) is 6.07 Å². The maximum Gasteiger partial charge on any atom is 0.274 e. The largest absolute Gasteiger partial charge is 0.341 e. The van der Waals surface area contributed by atoms with E-state index < -0.39 is 10.3 Å². The molecular formula is C15H21N3O3. The van der Waals surface area contributed by atoms with Gasteiger partial charge in [0.1, 0.15) is 0 Å². The number of carbonyl (C=O) groups is 1. The summed E-state index contributed by atoms with van der Waals surface area (Å²) in [6.07, 6.45) is 3.65. The molecule has 2 N–H and O–H groups in total. The fourth-order valence-corrected chi connectivity index (χ4v) is 3.11. The van der Waals surface area contributed by atoms with E-state index in [1.54, 1.807) is 30.1 Å². The van der Waals surface area contributed by atoms with Crippen molar-refractivity contribution in [1.82, 2.24) is 4.90 Å². The summed E-state index contributed by atoms with van der Waals surface area (Å²) in [5.74, 6) is 0.000603. The standard InChI is InChI=1S/C15H21N3O3/c1-17(14(19)15(11-16)8-4-5-9-15)10-12-6-2-3-7-13(12)18(20)21/h2-3,6-7H,4-5,8-11,16H2,1H3. The van der Waals surface area contributed by atoms with Crippen LogP contribution < -0.4 is 5.73 Å². The van der Waals surface area contributed by atoms with Crippen molar-refractivity contribution in [2.24, 2.45) is 11.1 Å². The molecule has 1 aliphatic rings. The molecule has 6 nitrogen and oxygen atoms in total. The minimum absolute atomic E-state index is 0.000603. The van der Waals surface area contributed by atoms with E-state index in [0.717, 1.165) is 25.7 Å². The summed E-state index contributed by atoms with van der Waals surface area (Å²) in [7, 11) is 1.69. The van der Waals surface area contributed by atoms with E-state index in [1.807, 2.05) is 0 Å². The van der Waals surface area contributed by atoms with Gasteiger partial charge in [-0.05, 0) is 12.8 Å². The summed E-state index contributed by atoms with van der Waals surface area (Å²) in [5.41, 5.74) is 5.94. The van der Waals surface area contributed by atoms with Crippen LogP contribution in [0.4, 0.5) is 5.69 Å². The van der Waals surface area contributed by atoms with Crippen LogP contribution in [0.1, 0.15) is 31.2 Å². The average molecular weight is 291 g/mol. The molecule has 1 fully saturated rings. The molecule has 1 amide bonds. The second kappa shape index (κ2) is 6.22. The van der Waals surface area contributed by atoms with Crippen LogP contribution in [-0.4, -0.2) is 29.3 Å². The third-order valence-electron chi connectivity index (χ3n) is 4.35. The quantitative estimate of drug-likeness (QED) is 0.664. The molecule has 0 aliphatic heterocycles. The fraction of sp³-hybridized carbons (Fsp3) is 0.533. The van der Waals surface area contributed by atoms with Gasteiger partial charge in [-0.1, -0.05) is 31.0 Å². The number of nitrogens with two attached hydrogens (primary N) is 1. The van der Waals surface area contributed by atoms with Crippen LogP contribution >= 0.6 is 0 Å². The predicted octanol–water partition coefficient (Wildman–Crippen LogP) is 2.07. The van der Waals surface area contributed by atoms with E-state index in [4.69, 9.17) is 5.73 Å². The van der Waals surface area contributed by atoms with E-state index in [9.17, 15) is 14.9 Å². The van der Waals surface area contributed by atoms with E-state index in [-0.39, 0.29) is 18.1 Å². The van der Waals surface area contributed by atoms with Gasteiger partial charge in [0, 0.05) is 25.2 Å². The first-order valence-electron chi connectivity index (χ1n) is 7.18. The minimum atomic E-state index is -0.474. The third kappa shape index (κ3) is 3.05. The Morgan fingerprint density at radius 1 is 1.38 bits per heavy atom. The molecule has 1 aliphatic carbocycles. The normalized spacial score (nSPS) is 16.7. The molecule has 1 saturated carbocycles. The number of carbonyl (C=O) groups excluding carboxylic acids is 1. The summed E-state index contributed by atoms with van der Waals surface area (Å²) < 4.78 is 0. The summed E-state index contributed by atoms with van der Waals surface area (Å²) in [4.78, 5) is 24.8. The van der Waals surface area contributed by atoms with Gasteiger partial charge in [0.05, 0.1) is 16.9 Å². The Bertz CT molecular complexity index is 539. The molecule has 0 atom stereocenters. The number of nitro groups is 1. The summed E-state index contributed by atoms with van der Waals surface area (Å²) in [5, 5.41) is 11.0. The minimum Gasteiger partial charge on any atom is -0.341 e. The van der Waals surface area contributed by atoms with Crippen molar-refractivity contribution in [1.29, 1.82) is 0 Å². The van der Waals surface area contributed by atoms with Crippen molar-refractivity contribution < 1.29 is 9.72 Å². The van der Waals surface area contributed by atoms with Crippen LogP contribution in [0.2, 0.25) is 0 Å². The highest BCUT2D eigenvalue weighted by Crippen LogP contribution is 2.39. The highest BCUT2D eigenvalue weighted by atomic mass is 16.6. The van der Waals surface area contributed by atoms with Gasteiger partial charge in [-0.25, -0.2) is 0 Å². The number of nitrogens with zero attached hydrogens (tertiary/aromatic N) is 2. The Morgan fingerprint density at radius 3 is 2.57 bits per heavy atom. The average Bonchev–Trinajstić information content (AvgIpc) is 2.96. The van der Waals surface area contributed by atoms with E-state index >= 15 is 0 Å². The van der Waals surface area contributed by atoms with Gasteiger partial charge >= 0.3 is 0 Å². The molecule has 114 valence electrons. The predicted molar refractivity (Wildman–Crippen MR) is 79.5 cm³/mol. The summed E-state index contributed by atoms with van der Waals surface area (Å²) in [6, 6.07) is 6.52. The summed E-state index contributed by atoms with van der Waals surface area (Å²) >= 11 is 0. The molecule has 0 spiro atoms. The number of para-hydroxylation sites is 1. The molecule has 0 unspecified atom stereocenters. The van der Waals surface area contributed by atoms with Gasteiger partial charge in [0.25, 0.3) is 5.69 Å². The molecule has 0 saturated heterocycles. The van der Waals surface area contributed by atoms with E-state index in [0.29, 0.717) is 12.1 Å². The lowest BCUT2D eigenvalue weighted by molar-refractivity contribution is -0.385. The van der Waals surface area contributed by atoms with Gasteiger partial charge in [-0.2, -0.15) is 0 Å². The third-order valence-corrected chi connectivity index (χ3v) is 4.35. The van der Waals surface area contributed by atoms with Gasteiger partial charge < -0.3 is 10.6 Å². The molecule has 0 heterocycles. The van der Waals surface area contributed by atoms with Crippen LogP contribution in [-0.2, 0) is 11.3 Å². The van der Waals surface area contributed by atoms with Crippen LogP contribution in [0.5, 0.6) is 0 Å². The van der Waals surface area contributed by atoms with Crippen LogP contribution in [0, 0.1) is 15.5 Å². The van der Waals surface area contributed by atoms with Crippen molar-refractivity contribution in [2.75, 3.05) is 13.6 Å². The number of nitro benzene ring substituents is 1. The van der Waals surface area contributed by atoms with Crippen molar-refractivity contribution in [3.05, 3.63) is 39.9 Å². The second-order valence-corrected chi connectivity index (χ2v) is 5.74. The first-order chi connectivity index (χ1) is 10.00. The van der Waals surface area contributed by atoms with Gasteiger partial charge in [-0.15, -0.1) is 0 Å². The molecular weight excluding hydrogens is 270 g/mol. The summed E-state index contributed by atoms with van der Waals surface area (Å²) in [6.45, 7) is 0.574. The Hall–Kier alpha value is -1.95. The zero-order valence-corrected chi connectivity index (χ0v) is 12.2. The van der Waals surface area contributed by atoms with Crippen LogP contribution in [0.3, 0.4) is 0 Å². The van der Waals surface area contributed by atoms with Crippen molar-refractivity contribution in [3.8, 4) is 0 Å². The topological polar surface area (TPSA) is 89.5 Å². The number of amides is 1. The SMILES string of the molecule is CN(Cc1ccccc1[N+](=O)[O-])C(=O)C1(CN)CCCC1. The van der Waals surface area contributed by atoms with Crippen molar-refractivity contribution >= 4 is 11.6 Å². The lowest BCUT2D eigenvalue weighted by atomic mass is 9.84. The number of hydrogen-bond acceptors (Lipinski definition) is 4. The lowest BCUT2D eigenvalue weighted by Gasteiger charge is -2.31. The molecule has 21 heavy (non-hydrogen) atoms. The lowest BCUT2D eigenvalue weighted by Crippen LogP contribution is -2.44. The zero-order valence-electron chi connectivity index (χ0n) is 12.2. The molecule has 0 radical (unpaired) electrons. The first-order valence-corrected chi connectivity index (χ1v) is 7.18. The zero-order chi connectivity index (χ0) is 15.5. The molecule has 0 bridgehead atoms. The Balaban J connectivity index is 2.16. The molecule has 2 rings (SSSR count).